The average Bonchev–Trinajstić information content (AvgIpc) is 2.67. The van der Waals surface area contributed by atoms with Crippen LogP contribution < -0.4 is 0 Å². The van der Waals surface area contributed by atoms with Crippen LogP contribution >= 0.6 is 12.4 Å². The van der Waals surface area contributed by atoms with Crippen molar-refractivity contribution in [1.29, 1.82) is 0 Å². The SMILES string of the molecule is Cc1cc(C)c2[nH]c3c(c2c1)CC(N(C)C)CC3.Cl. The van der Waals surface area contributed by atoms with E-state index in [4.69, 9.17) is 0 Å². The maximum Gasteiger partial charge on any atom is 0.0488 e. The number of nitrogens with one attached hydrogen (secondary N) is 1. The van der Waals surface area contributed by atoms with Crippen molar-refractivity contribution in [3.05, 3.63) is 34.5 Å². The smallest absolute Gasteiger partial charge is 0.0488 e. The molecule has 2 aromatic rings. The molecule has 0 amide bonds. The second kappa shape index (κ2) is 5.18. The first kappa shape index (κ1) is 14.4. The standard InChI is InChI=1S/C16H22N2.ClH/c1-10-7-11(2)16-14(8-10)13-9-12(18(3)4)5-6-15(13)17-16;/h7-8,12,17H,5-6,9H2,1-4H3;1H. The second-order valence-corrected chi connectivity index (χ2v) is 5.95. The lowest BCUT2D eigenvalue weighted by molar-refractivity contribution is 0.268. The molecule has 19 heavy (non-hydrogen) atoms. The third-order valence-corrected chi connectivity index (χ3v) is 4.34. The highest BCUT2D eigenvalue weighted by molar-refractivity contribution is 5.88. The molecule has 0 aliphatic heterocycles. The molecule has 3 heteroatoms. The van der Waals surface area contributed by atoms with Crippen LogP contribution in [0.3, 0.4) is 0 Å². The van der Waals surface area contributed by atoms with Gasteiger partial charge in [0.2, 0.25) is 0 Å². The zero-order valence-electron chi connectivity index (χ0n) is 12.2. The van der Waals surface area contributed by atoms with Crippen LogP contribution in [0.15, 0.2) is 12.1 Å². The highest BCUT2D eigenvalue weighted by Crippen LogP contribution is 2.32. The van der Waals surface area contributed by atoms with Crippen LogP contribution in [0, 0.1) is 13.8 Å². The van der Waals surface area contributed by atoms with E-state index in [0.29, 0.717) is 6.04 Å². The molecule has 1 unspecified atom stereocenters. The molecule has 0 saturated heterocycles. The highest BCUT2D eigenvalue weighted by Gasteiger charge is 2.24. The summed E-state index contributed by atoms with van der Waals surface area (Å²) in [7, 11) is 4.39. The van der Waals surface area contributed by atoms with Crippen molar-refractivity contribution in [2.24, 2.45) is 0 Å². The van der Waals surface area contributed by atoms with Crippen LogP contribution in [0.5, 0.6) is 0 Å². The summed E-state index contributed by atoms with van der Waals surface area (Å²) in [5.74, 6) is 0. The number of fused-ring (bicyclic) bond motifs is 3. The van der Waals surface area contributed by atoms with Gasteiger partial charge in [-0.15, -0.1) is 12.4 Å². The molecule has 2 nitrogen and oxygen atoms in total. The Hall–Kier alpha value is -0.990. The van der Waals surface area contributed by atoms with Gasteiger partial charge >= 0.3 is 0 Å². The van der Waals surface area contributed by atoms with E-state index in [2.05, 4.69) is 50.0 Å². The summed E-state index contributed by atoms with van der Waals surface area (Å²) in [5, 5.41) is 1.45. The van der Waals surface area contributed by atoms with E-state index >= 15 is 0 Å². The minimum absolute atomic E-state index is 0. The molecule has 104 valence electrons. The lowest BCUT2D eigenvalue weighted by atomic mass is 9.90. The number of rotatable bonds is 1. The van der Waals surface area contributed by atoms with Crippen molar-refractivity contribution in [2.45, 2.75) is 39.2 Å². The van der Waals surface area contributed by atoms with Crippen molar-refractivity contribution in [2.75, 3.05) is 14.1 Å². The minimum Gasteiger partial charge on any atom is -0.358 e. The van der Waals surface area contributed by atoms with Gasteiger partial charge < -0.3 is 9.88 Å². The van der Waals surface area contributed by atoms with Crippen molar-refractivity contribution in [3.8, 4) is 0 Å². The molecule has 1 aromatic heterocycles. The number of hydrogen-bond donors (Lipinski definition) is 1. The molecule has 0 spiro atoms. The summed E-state index contributed by atoms with van der Waals surface area (Å²) < 4.78 is 0. The molecular formula is C16H23ClN2. The van der Waals surface area contributed by atoms with E-state index in [1.54, 1.807) is 5.56 Å². The Bertz CT molecular complexity index is 598. The molecule has 3 rings (SSSR count). The number of halogens is 1. The Morgan fingerprint density at radius 2 is 1.95 bits per heavy atom. The first-order chi connectivity index (χ1) is 8.56. The molecule has 0 radical (unpaired) electrons. The Kier molecular flexibility index (Phi) is 3.93. The molecule has 1 aliphatic rings. The molecule has 1 heterocycles. The molecule has 0 fully saturated rings. The number of aromatic amines is 1. The number of aryl methyl sites for hydroxylation is 3. The lowest BCUT2D eigenvalue weighted by Gasteiger charge is -2.28. The molecular weight excluding hydrogens is 256 g/mol. The summed E-state index contributed by atoms with van der Waals surface area (Å²) in [4.78, 5) is 6.02. The number of H-pyrrole nitrogens is 1. The normalized spacial score (nSPS) is 18.5. The van der Waals surface area contributed by atoms with Gasteiger partial charge in [-0.25, -0.2) is 0 Å². The molecule has 1 aromatic carbocycles. The summed E-state index contributed by atoms with van der Waals surface area (Å²) in [6.45, 7) is 4.40. The predicted octanol–water partition coefficient (Wildman–Crippen LogP) is 3.63. The van der Waals surface area contributed by atoms with Crippen LogP contribution in [0.25, 0.3) is 10.9 Å². The topological polar surface area (TPSA) is 19.0 Å². The fourth-order valence-electron chi connectivity index (χ4n) is 3.30. The quantitative estimate of drug-likeness (QED) is 0.844. The van der Waals surface area contributed by atoms with E-state index in [-0.39, 0.29) is 12.4 Å². The monoisotopic (exact) mass is 278 g/mol. The van der Waals surface area contributed by atoms with Gasteiger partial charge in [0.25, 0.3) is 0 Å². The summed E-state index contributed by atoms with van der Waals surface area (Å²) >= 11 is 0. The third-order valence-electron chi connectivity index (χ3n) is 4.34. The summed E-state index contributed by atoms with van der Waals surface area (Å²) in [5.41, 5.74) is 7.12. The first-order valence-electron chi connectivity index (χ1n) is 6.83. The summed E-state index contributed by atoms with van der Waals surface area (Å²) in [6, 6.07) is 5.31. The number of aromatic nitrogens is 1. The van der Waals surface area contributed by atoms with Crippen molar-refractivity contribution < 1.29 is 0 Å². The Balaban J connectivity index is 0.00000133. The largest absolute Gasteiger partial charge is 0.358 e. The second-order valence-electron chi connectivity index (χ2n) is 5.95. The number of nitrogens with zero attached hydrogens (tertiary/aromatic N) is 1. The van der Waals surface area contributed by atoms with Crippen molar-refractivity contribution >= 4 is 23.3 Å². The molecule has 1 N–H and O–H groups in total. The first-order valence-corrected chi connectivity index (χ1v) is 6.83. The molecule has 0 bridgehead atoms. The Morgan fingerprint density at radius 1 is 1.21 bits per heavy atom. The zero-order chi connectivity index (χ0) is 12.9. The predicted molar refractivity (Wildman–Crippen MR) is 84.5 cm³/mol. The Morgan fingerprint density at radius 3 is 2.63 bits per heavy atom. The fraction of sp³-hybridized carbons (Fsp3) is 0.500. The molecule has 1 atom stereocenters. The van der Waals surface area contributed by atoms with E-state index in [9.17, 15) is 0 Å². The van der Waals surface area contributed by atoms with Gasteiger partial charge in [0.1, 0.15) is 0 Å². The number of benzene rings is 1. The van der Waals surface area contributed by atoms with Crippen LogP contribution in [0.1, 0.15) is 28.8 Å². The lowest BCUT2D eigenvalue weighted by Crippen LogP contribution is -2.33. The van der Waals surface area contributed by atoms with Gasteiger partial charge in [-0.3, -0.25) is 0 Å². The number of hydrogen-bond acceptors (Lipinski definition) is 1. The Labute approximate surface area is 121 Å². The van der Waals surface area contributed by atoms with Gasteiger partial charge in [-0.2, -0.15) is 0 Å². The van der Waals surface area contributed by atoms with Gasteiger partial charge in [0, 0.05) is 22.6 Å². The van der Waals surface area contributed by atoms with E-state index in [0.717, 1.165) is 0 Å². The fourth-order valence-corrected chi connectivity index (χ4v) is 3.30. The van der Waals surface area contributed by atoms with Crippen LogP contribution in [-0.2, 0) is 12.8 Å². The molecule has 1 aliphatic carbocycles. The van der Waals surface area contributed by atoms with Gasteiger partial charge in [0.05, 0.1) is 0 Å². The summed E-state index contributed by atoms with van der Waals surface area (Å²) in [6.07, 6.45) is 3.64. The van der Waals surface area contributed by atoms with Crippen LogP contribution in [0.4, 0.5) is 0 Å². The average molecular weight is 279 g/mol. The van der Waals surface area contributed by atoms with Gasteiger partial charge in [0.15, 0.2) is 0 Å². The van der Waals surface area contributed by atoms with E-state index in [1.165, 1.54) is 47.0 Å². The van der Waals surface area contributed by atoms with Gasteiger partial charge in [-0.05, 0) is 64.4 Å². The van der Waals surface area contributed by atoms with Crippen LogP contribution in [-0.4, -0.2) is 30.0 Å². The van der Waals surface area contributed by atoms with E-state index in [1.807, 2.05) is 0 Å². The third kappa shape index (κ3) is 2.39. The maximum atomic E-state index is 3.65. The van der Waals surface area contributed by atoms with Crippen molar-refractivity contribution in [1.82, 2.24) is 9.88 Å². The van der Waals surface area contributed by atoms with Gasteiger partial charge in [-0.1, -0.05) is 11.6 Å². The zero-order valence-corrected chi connectivity index (χ0v) is 13.0. The van der Waals surface area contributed by atoms with E-state index < -0.39 is 0 Å². The van der Waals surface area contributed by atoms with Crippen molar-refractivity contribution in [3.63, 3.8) is 0 Å². The number of likely N-dealkylation sites (N-methyl/N-ethyl adjacent to an activating group) is 1. The van der Waals surface area contributed by atoms with Crippen LogP contribution in [0.2, 0.25) is 0 Å². The highest BCUT2D eigenvalue weighted by atomic mass is 35.5. The molecule has 0 saturated carbocycles. The maximum absolute atomic E-state index is 3.65. The minimum atomic E-state index is 0.